The van der Waals surface area contributed by atoms with Crippen molar-refractivity contribution in [1.29, 1.82) is 0 Å². The SMILES string of the molecule is CCCCCCCCC=CCCCCCCCCOCC(CN1CC[C@H]2CCCC[C@@H]2C1)OCCCOCCCO[C@H]1CC[C@@]2(C)C(=CC[C@H]3[C@@H]4CC[C@H]([C@H](C)CCCC(C)C)[C@@]4(C)CC[C@@H]32)C1. The van der Waals surface area contributed by atoms with Crippen molar-refractivity contribution >= 4 is 0 Å². The number of likely N-dealkylation sites (tertiary alicyclic amines) is 1. The molecular formula is C63H113NO4. The number of hydrogen-bond acceptors (Lipinski definition) is 5. The highest BCUT2D eigenvalue weighted by molar-refractivity contribution is 5.25. The molecule has 1 saturated heterocycles. The van der Waals surface area contributed by atoms with Crippen LogP contribution in [0.5, 0.6) is 0 Å². The fourth-order valence-corrected chi connectivity index (χ4v) is 15.7. The minimum absolute atomic E-state index is 0.159. The Morgan fingerprint density at radius 3 is 2.13 bits per heavy atom. The number of fused-ring (bicyclic) bond motifs is 6. The quantitative estimate of drug-likeness (QED) is 0.0468. The van der Waals surface area contributed by atoms with E-state index in [1.54, 1.807) is 5.57 Å². The summed E-state index contributed by atoms with van der Waals surface area (Å²) in [6.45, 7) is 23.4. The van der Waals surface area contributed by atoms with E-state index in [2.05, 4.69) is 64.7 Å². The summed E-state index contributed by atoms with van der Waals surface area (Å²) >= 11 is 0. The summed E-state index contributed by atoms with van der Waals surface area (Å²) in [6, 6.07) is 0. The lowest BCUT2D eigenvalue weighted by atomic mass is 9.47. The van der Waals surface area contributed by atoms with Crippen molar-refractivity contribution in [2.24, 2.45) is 58.2 Å². The summed E-state index contributed by atoms with van der Waals surface area (Å²) in [5.41, 5.74) is 2.73. The molecule has 5 nitrogen and oxygen atoms in total. The Kier molecular flexibility index (Phi) is 25.9. The van der Waals surface area contributed by atoms with Crippen LogP contribution in [0.15, 0.2) is 23.8 Å². The molecule has 5 aliphatic carbocycles. The van der Waals surface area contributed by atoms with Crippen molar-refractivity contribution in [3.63, 3.8) is 0 Å². The smallest absolute Gasteiger partial charge is 0.0934 e. The molecule has 0 N–H and O–H groups in total. The van der Waals surface area contributed by atoms with Gasteiger partial charge in [-0.25, -0.2) is 0 Å². The van der Waals surface area contributed by atoms with Gasteiger partial charge in [0.05, 0.1) is 18.8 Å². The minimum Gasteiger partial charge on any atom is -0.381 e. The van der Waals surface area contributed by atoms with Crippen molar-refractivity contribution in [3.8, 4) is 0 Å². The first kappa shape index (κ1) is 56.6. The molecule has 0 amide bonds. The molecule has 0 aromatic rings. The molecule has 394 valence electrons. The molecule has 0 radical (unpaired) electrons. The van der Waals surface area contributed by atoms with Gasteiger partial charge in [-0.2, -0.15) is 0 Å². The van der Waals surface area contributed by atoms with Crippen LogP contribution in [0, 0.1) is 58.2 Å². The van der Waals surface area contributed by atoms with Gasteiger partial charge in [0.1, 0.15) is 0 Å². The van der Waals surface area contributed by atoms with E-state index in [0.717, 1.165) is 113 Å². The van der Waals surface area contributed by atoms with Crippen LogP contribution < -0.4 is 0 Å². The van der Waals surface area contributed by atoms with Gasteiger partial charge < -0.3 is 23.8 Å². The topological polar surface area (TPSA) is 40.2 Å². The summed E-state index contributed by atoms with van der Waals surface area (Å²) in [6.07, 6.45) is 51.3. The van der Waals surface area contributed by atoms with E-state index >= 15 is 0 Å². The maximum atomic E-state index is 6.60. The van der Waals surface area contributed by atoms with Crippen LogP contribution in [0.1, 0.15) is 247 Å². The highest BCUT2D eigenvalue weighted by atomic mass is 16.5. The molecule has 0 aromatic carbocycles. The van der Waals surface area contributed by atoms with E-state index in [1.807, 2.05) is 0 Å². The first-order valence-corrected chi connectivity index (χ1v) is 30.7. The molecule has 11 atom stereocenters. The summed E-state index contributed by atoms with van der Waals surface area (Å²) in [7, 11) is 0. The predicted molar refractivity (Wildman–Crippen MR) is 289 cm³/mol. The Morgan fingerprint density at radius 2 is 1.37 bits per heavy atom. The van der Waals surface area contributed by atoms with Crippen LogP contribution in [0.4, 0.5) is 0 Å². The summed E-state index contributed by atoms with van der Waals surface area (Å²) < 4.78 is 25.7. The van der Waals surface area contributed by atoms with Crippen molar-refractivity contribution < 1.29 is 18.9 Å². The lowest BCUT2D eigenvalue weighted by Gasteiger charge is -2.58. The molecule has 6 rings (SSSR count). The van der Waals surface area contributed by atoms with Crippen molar-refractivity contribution in [1.82, 2.24) is 4.90 Å². The number of unbranched alkanes of at least 4 members (excludes halogenated alkanes) is 12. The third kappa shape index (κ3) is 17.7. The first-order chi connectivity index (χ1) is 33.2. The van der Waals surface area contributed by atoms with Gasteiger partial charge in [0.15, 0.2) is 0 Å². The van der Waals surface area contributed by atoms with Gasteiger partial charge in [0.2, 0.25) is 0 Å². The number of allylic oxidation sites excluding steroid dienone is 3. The van der Waals surface area contributed by atoms with Gasteiger partial charge in [0.25, 0.3) is 0 Å². The largest absolute Gasteiger partial charge is 0.381 e. The average molecular weight is 949 g/mol. The number of ether oxygens (including phenoxy) is 4. The molecule has 5 heteroatoms. The molecule has 68 heavy (non-hydrogen) atoms. The molecule has 0 bridgehead atoms. The van der Waals surface area contributed by atoms with E-state index < -0.39 is 0 Å². The lowest BCUT2D eigenvalue weighted by Crippen LogP contribution is -2.51. The second kappa shape index (κ2) is 31.1. The zero-order valence-electron chi connectivity index (χ0n) is 46.1. The van der Waals surface area contributed by atoms with Crippen LogP contribution in [0.3, 0.4) is 0 Å². The predicted octanol–water partition coefficient (Wildman–Crippen LogP) is 17.2. The fourth-order valence-electron chi connectivity index (χ4n) is 15.7. The van der Waals surface area contributed by atoms with Crippen molar-refractivity contribution in [2.45, 2.75) is 259 Å². The van der Waals surface area contributed by atoms with Gasteiger partial charge in [-0.05, 0) is 174 Å². The second-order valence-corrected chi connectivity index (χ2v) is 25.2. The molecule has 4 saturated carbocycles. The number of hydrogen-bond donors (Lipinski definition) is 0. The number of rotatable bonds is 35. The maximum absolute atomic E-state index is 6.60. The third-order valence-electron chi connectivity index (χ3n) is 19.8. The van der Waals surface area contributed by atoms with E-state index in [0.29, 0.717) is 16.9 Å². The molecule has 5 fully saturated rings. The molecule has 0 aromatic heterocycles. The van der Waals surface area contributed by atoms with Gasteiger partial charge >= 0.3 is 0 Å². The molecule has 0 spiro atoms. The zero-order chi connectivity index (χ0) is 47.9. The zero-order valence-corrected chi connectivity index (χ0v) is 46.1. The van der Waals surface area contributed by atoms with Crippen molar-refractivity contribution in [2.75, 3.05) is 59.3 Å². The van der Waals surface area contributed by atoms with Crippen LogP contribution in [-0.4, -0.2) is 76.4 Å². The van der Waals surface area contributed by atoms with Gasteiger partial charge in [-0.15, -0.1) is 0 Å². The summed E-state index contributed by atoms with van der Waals surface area (Å²) in [5.74, 6) is 7.28. The molecule has 6 aliphatic rings. The number of piperidine rings is 1. The molecule has 1 heterocycles. The number of nitrogens with zero attached hydrogens (tertiary/aromatic N) is 1. The fraction of sp³-hybridized carbons (Fsp3) is 0.937. The Balaban J connectivity index is 0.807. The monoisotopic (exact) mass is 948 g/mol. The standard InChI is InChI=1S/C63H113NO4/c1-7-8-9-10-11-12-13-14-15-16-17-18-19-20-21-24-42-66-50-57(49-64-41-38-53-30-22-23-31-54(53)48-64)68-46-27-44-65-43-26-45-67-56-36-39-62(5)55(47-56)32-33-58-60-35-34-59(52(4)29-25-28-51(2)3)63(60,6)40-37-61(58)62/h14-15,32,51-54,56-61H,7-13,16-31,33-50H2,1-6H3/t52-,53-,54-,56+,57?,58+,59-,60+,61+,62+,63-/m1/s1. The molecule has 1 aliphatic heterocycles. The first-order valence-electron chi connectivity index (χ1n) is 30.7. The summed E-state index contributed by atoms with van der Waals surface area (Å²) in [4.78, 5) is 2.71. The maximum Gasteiger partial charge on any atom is 0.0934 e. The van der Waals surface area contributed by atoms with Gasteiger partial charge in [-0.3, -0.25) is 0 Å². The van der Waals surface area contributed by atoms with E-state index in [-0.39, 0.29) is 6.10 Å². The molecular weight excluding hydrogens is 835 g/mol. The minimum atomic E-state index is 0.159. The molecule has 1 unspecified atom stereocenters. The van der Waals surface area contributed by atoms with Gasteiger partial charge in [0, 0.05) is 46.1 Å². The highest BCUT2D eigenvalue weighted by Crippen LogP contribution is 2.67. The van der Waals surface area contributed by atoms with Crippen LogP contribution in [0.2, 0.25) is 0 Å². The Labute approximate surface area is 422 Å². The van der Waals surface area contributed by atoms with E-state index in [9.17, 15) is 0 Å². The summed E-state index contributed by atoms with van der Waals surface area (Å²) in [5, 5.41) is 0. The highest BCUT2D eigenvalue weighted by Gasteiger charge is 2.59. The normalized spacial score (nSPS) is 31.6. The van der Waals surface area contributed by atoms with Crippen molar-refractivity contribution in [3.05, 3.63) is 23.8 Å². The Hall–Kier alpha value is -0.720. The third-order valence-corrected chi connectivity index (χ3v) is 19.8. The average Bonchev–Trinajstić information content (AvgIpc) is 3.70. The Morgan fingerprint density at radius 1 is 0.662 bits per heavy atom. The Bertz CT molecular complexity index is 1390. The second-order valence-electron chi connectivity index (χ2n) is 25.2. The van der Waals surface area contributed by atoms with Gasteiger partial charge in [-0.1, -0.05) is 162 Å². The lowest BCUT2D eigenvalue weighted by molar-refractivity contribution is -0.0652. The van der Waals surface area contributed by atoms with Crippen LogP contribution in [0.25, 0.3) is 0 Å². The van der Waals surface area contributed by atoms with E-state index in [1.165, 1.54) is 199 Å². The van der Waals surface area contributed by atoms with Crippen LogP contribution in [-0.2, 0) is 18.9 Å². The van der Waals surface area contributed by atoms with E-state index in [4.69, 9.17) is 18.9 Å². The van der Waals surface area contributed by atoms with Crippen LogP contribution >= 0.6 is 0 Å².